The zero-order chi connectivity index (χ0) is 14.3. The molecule has 96 valence electrons. The molecule has 0 amide bonds. The van der Waals surface area contributed by atoms with Gasteiger partial charge in [-0.15, -0.1) is 22.7 Å². The van der Waals surface area contributed by atoms with Gasteiger partial charge in [-0.05, 0) is 35.7 Å². The highest BCUT2D eigenvalue weighted by molar-refractivity contribution is 7.17. The van der Waals surface area contributed by atoms with Crippen LogP contribution in [0.3, 0.4) is 0 Å². The summed E-state index contributed by atoms with van der Waals surface area (Å²) in [4.78, 5) is 9.86. The van der Waals surface area contributed by atoms with E-state index < -0.39 is 0 Å². The maximum Gasteiger partial charge on any atom is 0.206 e. The van der Waals surface area contributed by atoms with E-state index in [9.17, 15) is 0 Å². The molecule has 0 fully saturated rings. The summed E-state index contributed by atoms with van der Waals surface area (Å²) in [7, 11) is 0. The van der Waals surface area contributed by atoms with Gasteiger partial charge in [0.2, 0.25) is 12.4 Å². The van der Waals surface area contributed by atoms with Crippen LogP contribution >= 0.6 is 22.7 Å². The highest BCUT2D eigenvalue weighted by Crippen LogP contribution is 2.38. The van der Waals surface area contributed by atoms with Crippen molar-refractivity contribution < 1.29 is 0 Å². The monoisotopic (exact) mass is 296 g/mol. The van der Waals surface area contributed by atoms with Crippen LogP contribution in [0.2, 0.25) is 0 Å². The topological polar surface area (TPSA) is 72.3 Å². The number of aliphatic imine (C=N–C) groups is 2. The lowest BCUT2D eigenvalue weighted by Crippen LogP contribution is -2.19. The minimum Gasteiger partial charge on any atom is -0.172 e. The van der Waals surface area contributed by atoms with Crippen molar-refractivity contribution in [1.82, 2.24) is 0 Å². The molecule has 0 unspecified atom stereocenters. The summed E-state index contributed by atoms with van der Waals surface area (Å²) in [5, 5.41) is 21.9. The van der Waals surface area contributed by atoms with Crippen LogP contribution in [0, 0.1) is 36.8 Å². The average Bonchev–Trinajstić information content (AvgIpc) is 2.99. The van der Waals surface area contributed by atoms with E-state index in [1.165, 1.54) is 22.7 Å². The van der Waals surface area contributed by atoms with E-state index in [2.05, 4.69) is 9.98 Å². The minimum absolute atomic E-state index is 0.700. The van der Waals surface area contributed by atoms with Crippen molar-refractivity contribution >= 4 is 34.1 Å². The van der Waals surface area contributed by atoms with Crippen LogP contribution in [0.15, 0.2) is 20.7 Å². The molecule has 0 aromatic carbocycles. The molecule has 0 saturated heterocycles. The molecule has 1 aliphatic rings. The summed E-state index contributed by atoms with van der Waals surface area (Å²) in [5.41, 5.74) is 5.37. The second-order valence-corrected chi connectivity index (χ2v) is 6.13. The Labute approximate surface area is 124 Å². The summed E-state index contributed by atoms with van der Waals surface area (Å²) in [6.07, 6.45) is 3.77. The zero-order valence-corrected chi connectivity index (χ0v) is 12.4. The Bertz CT molecular complexity index is 801. The second-order valence-electron chi connectivity index (χ2n) is 4.37. The van der Waals surface area contributed by atoms with E-state index in [-0.39, 0.29) is 0 Å². The van der Waals surface area contributed by atoms with Crippen LogP contribution in [-0.2, 0) is 0 Å². The molecule has 0 atom stereocenters. The Balaban J connectivity index is 2.44. The predicted octanol–water partition coefficient (Wildman–Crippen LogP) is 3.38. The third-order valence-electron chi connectivity index (χ3n) is 3.18. The number of rotatable bonds is 0. The van der Waals surface area contributed by atoms with Crippen LogP contribution in [0.25, 0.3) is 0 Å². The first-order valence-corrected chi connectivity index (χ1v) is 7.56. The fourth-order valence-corrected chi connectivity index (χ4v) is 4.53. The van der Waals surface area contributed by atoms with Crippen molar-refractivity contribution in [3.8, 4) is 12.4 Å². The Morgan fingerprint density at radius 2 is 1.30 bits per heavy atom. The number of hydrogen-bond donors (Lipinski definition) is 0. The van der Waals surface area contributed by atoms with E-state index in [0.717, 1.165) is 32.0 Å². The molecule has 2 aromatic heterocycles. The van der Waals surface area contributed by atoms with Crippen LogP contribution in [0.5, 0.6) is 0 Å². The summed E-state index contributed by atoms with van der Waals surface area (Å²) in [6.45, 7) is 3.97. The lowest BCUT2D eigenvalue weighted by atomic mass is 9.89. The van der Waals surface area contributed by atoms with Crippen molar-refractivity contribution in [2.75, 3.05) is 0 Å². The van der Waals surface area contributed by atoms with Crippen molar-refractivity contribution in [3.63, 3.8) is 0 Å². The highest BCUT2D eigenvalue weighted by atomic mass is 32.1. The molecule has 2 heterocycles. The summed E-state index contributed by atoms with van der Waals surface area (Å²) in [6, 6.07) is 0. The molecular formula is C14H8N4S2. The van der Waals surface area contributed by atoms with Crippen molar-refractivity contribution in [2.45, 2.75) is 13.8 Å². The SMILES string of the molecule is Cc1csc2c1C(=NC#N)c1c(C)csc1C2=NC#N. The van der Waals surface area contributed by atoms with Gasteiger partial charge >= 0.3 is 0 Å². The molecule has 2 aromatic rings. The molecule has 6 heteroatoms. The molecule has 20 heavy (non-hydrogen) atoms. The van der Waals surface area contributed by atoms with Gasteiger partial charge in [-0.25, -0.2) is 0 Å². The van der Waals surface area contributed by atoms with E-state index >= 15 is 0 Å². The van der Waals surface area contributed by atoms with Crippen LogP contribution in [0.1, 0.15) is 32.0 Å². The molecule has 3 rings (SSSR count). The number of hydrogen-bond acceptors (Lipinski definition) is 6. The van der Waals surface area contributed by atoms with E-state index in [4.69, 9.17) is 10.5 Å². The van der Waals surface area contributed by atoms with Gasteiger partial charge in [0, 0.05) is 11.1 Å². The quantitative estimate of drug-likeness (QED) is 0.596. The van der Waals surface area contributed by atoms with Gasteiger partial charge in [0.25, 0.3) is 0 Å². The normalized spacial score (nSPS) is 12.2. The first-order chi connectivity index (χ1) is 9.69. The van der Waals surface area contributed by atoms with Gasteiger partial charge in [-0.1, -0.05) is 0 Å². The molecule has 0 bridgehead atoms. The summed E-state index contributed by atoms with van der Waals surface area (Å²) >= 11 is 3.07. The maximum atomic E-state index is 8.98. The average molecular weight is 296 g/mol. The van der Waals surface area contributed by atoms with Crippen molar-refractivity contribution in [3.05, 3.63) is 42.8 Å². The Morgan fingerprint density at radius 1 is 0.850 bits per heavy atom. The smallest absolute Gasteiger partial charge is 0.172 e. The largest absolute Gasteiger partial charge is 0.206 e. The predicted molar refractivity (Wildman–Crippen MR) is 80.6 cm³/mol. The van der Waals surface area contributed by atoms with E-state index in [1.54, 1.807) is 0 Å². The van der Waals surface area contributed by atoms with Gasteiger partial charge in [0.15, 0.2) is 0 Å². The fraction of sp³-hybridized carbons (Fsp3) is 0.143. The minimum atomic E-state index is 0.700. The van der Waals surface area contributed by atoms with Crippen LogP contribution in [0.4, 0.5) is 0 Å². The van der Waals surface area contributed by atoms with Gasteiger partial charge in [0.1, 0.15) is 5.71 Å². The zero-order valence-electron chi connectivity index (χ0n) is 10.8. The van der Waals surface area contributed by atoms with Crippen LogP contribution in [-0.4, -0.2) is 11.4 Å². The summed E-state index contributed by atoms with van der Waals surface area (Å²) in [5.74, 6) is 0. The molecular weight excluding hydrogens is 288 g/mol. The van der Waals surface area contributed by atoms with Crippen LogP contribution < -0.4 is 0 Å². The Morgan fingerprint density at radius 3 is 1.75 bits per heavy atom. The van der Waals surface area contributed by atoms with Gasteiger partial charge < -0.3 is 0 Å². The van der Waals surface area contributed by atoms with E-state index in [1.807, 2.05) is 37.0 Å². The number of aryl methyl sites for hydroxylation is 2. The lowest BCUT2D eigenvalue weighted by Gasteiger charge is -2.17. The maximum absolute atomic E-state index is 8.98. The van der Waals surface area contributed by atoms with Gasteiger partial charge in [0.05, 0.1) is 15.5 Å². The van der Waals surface area contributed by atoms with E-state index in [0.29, 0.717) is 11.4 Å². The molecule has 4 nitrogen and oxygen atoms in total. The third-order valence-corrected chi connectivity index (χ3v) is 5.39. The number of nitrogens with zero attached hydrogens (tertiary/aromatic N) is 4. The lowest BCUT2D eigenvalue weighted by molar-refractivity contribution is 1.38. The first kappa shape index (κ1) is 12.7. The van der Waals surface area contributed by atoms with Gasteiger partial charge in [-0.3, -0.25) is 0 Å². The summed E-state index contributed by atoms with van der Waals surface area (Å²) < 4.78 is 0. The second kappa shape index (κ2) is 4.68. The Kier molecular flexibility index (Phi) is 2.98. The number of fused-ring (bicyclic) bond motifs is 2. The van der Waals surface area contributed by atoms with Crippen molar-refractivity contribution in [2.24, 2.45) is 9.98 Å². The third kappa shape index (κ3) is 1.63. The highest BCUT2D eigenvalue weighted by Gasteiger charge is 2.32. The molecule has 0 aliphatic heterocycles. The van der Waals surface area contributed by atoms with Crippen molar-refractivity contribution in [1.29, 1.82) is 10.5 Å². The van der Waals surface area contributed by atoms with Gasteiger partial charge in [-0.2, -0.15) is 20.5 Å². The molecule has 0 saturated carbocycles. The first-order valence-electron chi connectivity index (χ1n) is 5.80. The molecule has 0 spiro atoms. The number of thiophene rings is 2. The molecule has 0 radical (unpaired) electrons. The molecule has 1 aliphatic carbocycles. The molecule has 0 N–H and O–H groups in total. The fourth-order valence-electron chi connectivity index (χ4n) is 2.37. The number of nitriles is 2. The Hall–Kier alpha value is -2.28. The standard InChI is InChI=1S/C14H8N4S2/c1-7-3-19-13-9(7)11(17-5-15)10-8(2)4-20-14(10)12(13)18-6-16/h3-4H,1-2H3.